The zero-order valence-electron chi connectivity index (χ0n) is 16.5. The van der Waals surface area contributed by atoms with Gasteiger partial charge in [-0.3, -0.25) is 9.59 Å². The van der Waals surface area contributed by atoms with Crippen LogP contribution in [-0.2, 0) is 12.0 Å². The fraction of sp³-hybridized carbons (Fsp3) is 0.318. The maximum absolute atomic E-state index is 14.5. The number of hydrogen-bond acceptors (Lipinski definition) is 3. The van der Waals surface area contributed by atoms with Crippen LogP contribution >= 0.6 is 0 Å². The van der Waals surface area contributed by atoms with Crippen LogP contribution in [0.2, 0.25) is 0 Å². The Bertz CT molecular complexity index is 1240. The average molecular weight is 410 g/mol. The van der Waals surface area contributed by atoms with Gasteiger partial charge >= 0.3 is 0 Å². The summed E-state index contributed by atoms with van der Waals surface area (Å²) in [4.78, 5) is 27.9. The highest BCUT2D eigenvalue weighted by atomic mass is 19.1. The molecule has 1 amide bonds. The fourth-order valence-corrected chi connectivity index (χ4v) is 4.46. The molecule has 30 heavy (non-hydrogen) atoms. The molecule has 0 saturated heterocycles. The summed E-state index contributed by atoms with van der Waals surface area (Å²) in [6.45, 7) is 3.48. The Morgan fingerprint density at radius 3 is 2.83 bits per heavy atom. The van der Waals surface area contributed by atoms with Crippen molar-refractivity contribution in [2.45, 2.75) is 38.1 Å². The van der Waals surface area contributed by atoms with Gasteiger partial charge in [-0.25, -0.2) is 13.5 Å². The maximum Gasteiger partial charge on any atom is 0.272 e. The van der Waals surface area contributed by atoms with Crippen molar-refractivity contribution in [3.05, 3.63) is 81.0 Å². The van der Waals surface area contributed by atoms with Gasteiger partial charge in [0.2, 0.25) is 0 Å². The van der Waals surface area contributed by atoms with Crippen molar-refractivity contribution in [3.63, 3.8) is 0 Å². The largest absolute Gasteiger partial charge is 0.341 e. The molecule has 0 unspecified atom stereocenters. The number of rotatable bonds is 4. The number of halogens is 2. The van der Waals surface area contributed by atoms with Gasteiger partial charge in [-0.1, -0.05) is 0 Å². The Hall–Kier alpha value is -3.29. The number of carbonyl (C=O) groups is 1. The summed E-state index contributed by atoms with van der Waals surface area (Å²) in [5, 5.41) is 7.32. The van der Waals surface area contributed by atoms with Crippen LogP contribution in [0.15, 0.2) is 41.3 Å². The fourth-order valence-electron chi connectivity index (χ4n) is 4.46. The third-order valence-corrected chi connectivity index (χ3v) is 6.03. The highest BCUT2D eigenvalue weighted by Crippen LogP contribution is 2.57. The number of amides is 1. The molecule has 1 aromatic carbocycles. The van der Waals surface area contributed by atoms with E-state index in [4.69, 9.17) is 0 Å². The van der Waals surface area contributed by atoms with E-state index in [0.717, 1.165) is 23.7 Å². The first-order chi connectivity index (χ1) is 14.3. The molecule has 5 rings (SSSR count). The van der Waals surface area contributed by atoms with E-state index in [9.17, 15) is 18.4 Å². The van der Waals surface area contributed by atoms with Crippen LogP contribution in [0.25, 0.3) is 5.69 Å². The molecule has 2 aromatic heterocycles. The number of hydrogen-bond donors (Lipinski definition) is 2. The number of H-pyrrole nitrogens is 1. The molecule has 3 aromatic rings. The van der Waals surface area contributed by atoms with Gasteiger partial charge in [0.1, 0.15) is 11.5 Å². The molecule has 0 bridgehead atoms. The third kappa shape index (κ3) is 2.86. The van der Waals surface area contributed by atoms with E-state index in [1.54, 1.807) is 26.0 Å². The number of fused-ring (bicyclic) bond motifs is 3. The molecule has 0 radical (unpaired) electrons. The summed E-state index contributed by atoms with van der Waals surface area (Å²) in [6.07, 6.45) is 3.22. The summed E-state index contributed by atoms with van der Waals surface area (Å²) in [5.74, 6) is -1.15. The lowest BCUT2D eigenvalue weighted by Gasteiger charge is -2.25. The minimum Gasteiger partial charge on any atom is -0.341 e. The lowest BCUT2D eigenvalue weighted by atomic mass is 9.95. The van der Waals surface area contributed by atoms with Gasteiger partial charge in [-0.05, 0) is 56.9 Å². The van der Waals surface area contributed by atoms with Gasteiger partial charge in [-0.15, -0.1) is 0 Å². The first-order valence-electron chi connectivity index (χ1n) is 9.84. The zero-order chi connectivity index (χ0) is 21.2. The summed E-state index contributed by atoms with van der Waals surface area (Å²) < 4.78 is 29.3. The molecule has 1 saturated carbocycles. The highest BCUT2D eigenvalue weighted by molar-refractivity contribution is 5.95. The molecule has 2 aliphatic carbocycles. The van der Waals surface area contributed by atoms with Crippen LogP contribution in [0.5, 0.6) is 0 Å². The molecular formula is C22H20F2N4O2. The molecule has 0 spiro atoms. The lowest BCUT2D eigenvalue weighted by molar-refractivity contribution is 0.0905. The Morgan fingerprint density at radius 1 is 1.30 bits per heavy atom. The van der Waals surface area contributed by atoms with Crippen LogP contribution in [0.4, 0.5) is 8.78 Å². The molecule has 6 nitrogen and oxygen atoms in total. The summed E-state index contributed by atoms with van der Waals surface area (Å²) in [7, 11) is 0. The minimum atomic E-state index is -0.939. The Labute approximate surface area is 170 Å². The molecule has 0 aliphatic heterocycles. The van der Waals surface area contributed by atoms with Gasteiger partial charge in [0.25, 0.3) is 11.5 Å². The van der Waals surface area contributed by atoms with E-state index >= 15 is 0 Å². The molecule has 2 N–H and O–H groups in total. The van der Waals surface area contributed by atoms with Crippen LogP contribution in [0.1, 0.15) is 53.5 Å². The van der Waals surface area contributed by atoms with E-state index < -0.39 is 23.1 Å². The van der Waals surface area contributed by atoms with Crippen LogP contribution in [0.3, 0.4) is 0 Å². The van der Waals surface area contributed by atoms with Crippen LogP contribution in [0, 0.1) is 17.6 Å². The lowest BCUT2D eigenvalue weighted by Crippen LogP contribution is -2.44. The van der Waals surface area contributed by atoms with E-state index in [2.05, 4.69) is 15.4 Å². The quantitative estimate of drug-likeness (QED) is 0.694. The number of aromatic nitrogens is 3. The number of nitrogens with one attached hydrogen (secondary N) is 2. The molecule has 2 atom stereocenters. The second kappa shape index (κ2) is 6.35. The van der Waals surface area contributed by atoms with Crippen molar-refractivity contribution in [1.82, 2.24) is 20.1 Å². The van der Waals surface area contributed by atoms with Crippen molar-refractivity contribution in [3.8, 4) is 5.69 Å². The summed E-state index contributed by atoms with van der Waals surface area (Å²) >= 11 is 0. The van der Waals surface area contributed by atoms with E-state index in [1.807, 2.05) is 0 Å². The molecule has 2 heterocycles. The number of pyridine rings is 1. The first-order valence-corrected chi connectivity index (χ1v) is 9.84. The monoisotopic (exact) mass is 410 g/mol. The van der Waals surface area contributed by atoms with Gasteiger partial charge in [-0.2, -0.15) is 5.10 Å². The van der Waals surface area contributed by atoms with Crippen LogP contribution < -0.4 is 10.9 Å². The molecule has 154 valence electrons. The Kier molecular flexibility index (Phi) is 3.96. The maximum atomic E-state index is 14.5. The predicted molar refractivity (Wildman–Crippen MR) is 106 cm³/mol. The van der Waals surface area contributed by atoms with Crippen molar-refractivity contribution >= 4 is 5.91 Å². The minimum absolute atomic E-state index is 0.123. The molecule has 8 heteroatoms. The second-order valence-corrected chi connectivity index (χ2v) is 8.52. The van der Waals surface area contributed by atoms with E-state index in [-0.39, 0.29) is 22.9 Å². The zero-order valence-corrected chi connectivity index (χ0v) is 16.5. The van der Waals surface area contributed by atoms with Gasteiger partial charge in [0.05, 0.1) is 11.2 Å². The summed E-state index contributed by atoms with van der Waals surface area (Å²) in [6, 6.07) is 6.68. The number of carbonyl (C=O) groups excluding carboxylic acids is 1. The SMILES string of the molecule is CC(C)(NC(=O)c1nn(-c2ccc(F)cc2F)c2c1C[C@H]1C[C@@H]21)c1ccc[nH]c1=O. The van der Waals surface area contributed by atoms with E-state index in [0.29, 0.717) is 17.9 Å². The predicted octanol–water partition coefficient (Wildman–Crippen LogP) is 3.16. The van der Waals surface area contributed by atoms with Gasteiger partial charge in [0.15, 0.2) is 11.5 Å². The number of nitrogens with zero attached hydrogens (tertiary/aromatic N) is 2. The smallest absolute Gasteiger partial charge is 0.272 e. The van der Waals surface area contributed by atoms with Crippen molar-refractivity contribution < 1.29 is 13.6 Å². The van der Waals surface area contributed by atoms with E-state index in [1.165, 1.54) is 23.0 Å². The highest BCUT2D eigenvalue weighted by Gasteiger charge is 2.50. The average Bonchev–Trinajstić information content (AvgIpc) is 3.18. The topological polar surface area (TPSA) is 79.8 Å². The van der Waals surface area contributed by atoms with Crippen molar-refractivity contribution in [2.24, 2.45) is 5.92 Å². The number of aromatic amines is 1. The molecule has 1 fully saturated rings. The van der Waals surface area contributed by atoms with Crippen molar-refractivity contribution in [2.75, 3.05) is 0 Å². The third-order valence-electron chi connectivity index (χ3n) is 6.03. The Balaban J connectivity index is 1.54. The summed E-state index contributed by atoms with van der Waals surface area (Å²) in [5.41, 5.74) is 1.17. The second-order valence-electron chi connectivity index (χ2n) is 8.52. The normalized spacial score (nSPS) is 19.3. The van der Waals surface area contributed by atoms with Gasteiger partial charge < -0.3 is 10.3 Å². The van der Waals surface area contributed by atoms with Crippen molar-refractivity contribution in [1.29, 1.82) is 0 Å². The standard InChI is InChI=1S/C22H20F2N4O2/c1-22(2,15-4-3-7-25-20(15)29)26-21(30)18-14-9-11-8-13(11)19(14)28(27-18)17-6-5-12(23)10-16(17)24/h3-7,10-11,13H,8-9H2,1-2H3,(H,25,29)(H,26,30)/t11-,13-/m1/s1. The Morgan fingerprint density at radius 2 is 2.10 bits per heavy atom. The molecular weight excluding hydrogens is 390 g/mol. The first kappa shape index (κ1) is 18.7. The number of benzene rings is 1. The van der Waals surface area contributed by atoms with Gasteiger partial charge in [0, 0.05) is 29.3 Å². The van der Waals surface area contributed by atoms with Crippen LogP contribution in [-0.4, -0.2) is 20.7 Å². The molecule has 2 aliphatic rings.